The first-order valence-electron chi connectivity index (χ1n) is 8.90. The number of rotatable bonds is 8. The maximum Gasteiger partial charge on any atom is 0.234 e. The predicted octanol–water partition coefficient (Wildman–Crippen LogP) is 4.48. The molecule has 0 aliphatic heterocycles. The zero-order chi connectivity index (χ0) is 20.8. The van der Waals surface area contributed by atoms with Gasteiger partial charge in [-0.25, -0.2) is 0 Å². The zero-order valence-corrected chi connectivity index (χ0v) is 18.7. The van der Waals surface area contributed by atoms with Crippen molar-refractivity contribution in [3.05, 3.63) is 46.9 Å². The van der Waals surface area contributed by atoms with Gasteiger partial charge in [0.05, 0.1) is 25.7 Å². The summed E-state index contributed by atoms with van der Waals surface area (Å²) in [6.07, 6.45) is 0. The van der Waals surface area contributed by atoms with Gasteiger partial charge in [-0.3, -0.25) is 4.79 Å². The molecule has 3 rings (SSSR count). The normalized spacial score (nSPS) is 10.6. The average molecular weight is 477 g/mol. The molecule has 0 aliphatic carbocycles. The molecule has 0 fully saturated rings. The molecule has 0 saturated carbocycles. The molecular formula is C20H21BrN4O3S. The van der Waals surface area contributed by atoms with E-state index in [9.17, 15) is 4.79 Å². The average Bonchev–Trinajstić information content (AvgIpc) is 3.15. The molecule has 0 unspecified atom stereocenters. The highest BCUT2D eigenvalue weighted by Gasteiger charge is 2.17. The van der Waals surface area contributed by atoms with Gasteiger partial charge in [-0.1, -0.05) is 45.9 Å². The van der Waals surface area contributed by atoms with Crippen molar-refractivity contribution in [3.63, 3.8) is 0 Å². The quantitative estimate of drug-likeness (QED) is 0.483. The van der Waals surface area contributed by atoms with Crippen molar-refractivity contribution in [1.29, 1.82) is 0 Å². The summed E-state index contributed by atoms with van der Waals surface area (Å²) in [6, 6.07) is 13.1. The Morgan fingerprint density at radius 3 is 2.66 bits per heavy atom. The number of methoxy groups -OCH3 is 2. The smallest absolute Gasteiger partial charge is 0.234 e. The summed E-state index contributed by atoms with van der Waals surface area (Å²) in [5, 5.41) is 12.1. The van der Waals surface area contributed by atoms with E-state index in [2.05, 4.69) is 31.4 Å². The van der Waals surface area contributed by atoms with E-state index in [-0.39, 0.29) is 11.7 Å². The SMILES string of the molecule is CCn1c(SCC(=O)Nc2ccc(OC)cc2OC)nnc1-c1ccccc1Br. The summed E-state index contributed by atoms with van der Waals surface area (Å²) in [4.78, 5) is 12.5. The van der Waals surface area contributed by atoms with Gasteiger partial charge >= 0.3 is 0 Å². The third-order valence-electron chi connectivity index (χ3n) is 4.16. The number of nitrogens with zero attached hydrogens (tertiary/aromatic N) is 3. The van der Waals surface area contributed by atoms with E-state index in [4.69, 9.17) is 9.47 Å². The highest BCUT2D eigenvalue weighted by molar-refractivity contribution is 9.10. The fraction of sp³-hybridized carbons (Fsp3) is 0.250. The topological polar surface area (TPSA) is 78.3 Å². The fourth-order valence-electron chi connectivity index (χ4n) is 2.74. The fourth-order valence-corrected chi connectivity index (χ4v) is 4.00. The summed E-state index contributed by atoms with van der Waals surface area (Å²) in [5.41, 5.74) is 1.55. The van der Waals surface area contributed by atoms with Gasteiger partial charge in [0.1, 0.15) is 11.5 Å². The van der Waals surface area contributed by atoms with Gasteiger partial charge in [-0.05, 0) is 25.1 Å². The lowest BCUT2D eigenvalue weighted by Crippen LogP contribution is -2.15. The van der Waals surface area contributed by atoms with Crippen LogP contribution in [0.15, 0.2) is 52.1 Å². The molecule has 3 aromatic rings. The number of carbonyl (C=O) groups is 1. The lowest BCUT2D eigenvalue weighted by Gasteiger charge is -2.12. The van der Waals surface area contributed by atoms with E-state index in [1.807, 2.05) is 35.8 Å². The Hall–Kier alpha value is -2.52. The maximum atomic E-state index is 12.5. The molecule has 0 atom stereocenters. The Balaban J connectivity index is 1.71. The van der Waals surface area contributed by atoms with Crippen LogP contribution in [0, 0.1) is 0 Å². The van der Waals surface area contributed by atoms with Crippen molar-refractivity contribution >= 4 is 39.3 Å². The Labute approximate surface area is 181 Å². The first-order chi connectivity index (χ1) is 14.1. The Morgan fingerprint density at radius 2 is 1.97 bits per heavy atom. The van der Waals surface area contributed by atoms with Crippen LogP contribution in [0.4, 0.5) is 5.69 Å². The second-order valence-corrected chi connectivity index (χ2v) is 7.73. The third-order valence-corrected chi connectivity index (χ3v) is 5.82. The summed E-state index contributed by atoms with van der Waals surface area (Å²) in [5.74, 6) is 2.00. The summed E-state index contributed by atoms with van der Waals surface area (Å²) in [7, 11) is 3.13. The largest absolute Gasteiger partial charge is 0.497 e. The van der Waals surface area contributed by atoms with Crippen LogP contribution in [0.3, 0.4) is 0 Å². The number of aromatic nitrogens is 3. The number of anilines is 1. The van der Waals surface area contributed by atoms with E-state index >= 15 is 0 Å². The van der Waals surface area contributed by atoms with Gasteiger partial charge < -0.3 is 19.4 Å². The van der Waals surface area contributed by atoms with Gasteiger partial charge in [0.15, 0.2) is 11.0 Å². The Morgan fingerprint density at radius 1 is 1.17 bits per heavy atom. The van der Waals surface area contributed by atoms with E-state index < -0.39 is 0 Å². The minimum atomic E-state index is -0.161. The van der Waals surface area contributed by atoms with E-state index in [1.165, 1.54) is 11.8 Å². The predicted molar refractivity (Wildman–Crippen MR) is 118 cm³/mol. The van der Waals surface area contributed by atoms with Crippen LogP contribution in [0.1, 0.15) is 6.92 Å². The second kappa shape index (κ2) is 9.80. The third kappa shape index (κ3) is 4.91. The number of hydrogen-bond donors (Lipinski definition) is 1. The van der Waals surface area contributed by atoms with Gasteiger partial charge in [0, 0.05) is 22.6 Å². The summed E-state index contributed by atoms with van der Waals surface area (Å²) < 4.78 is 13.4. The first-order valence-corrected chi connectivity index (χ1v) is 10.7. The van der Waals surface area contributed by atoms with Gasteiger partial charge in [0.25, 0.3) is 0 Å². The minimum absolute atomic E-state index is 0.161. The standard InChI is InChI=1S/C20H21BrN4O3S/c1-4-25-19(14-7-5-6-8-15(14)21)23-24-20(25)29-12-18(26)22-16-10-9-13(27-2)11-17(16)28-3/h5-11H,4,12H2,1-3H3,(H,22,26). The number of thioether (sulfide) groups is 1. The van der Waals surface area contributed by atoms with Gasteiger partial charge in [0.2, 0.25) is 5.91 Å². The van der Waals surface area contributed by atoms with Crippen LogP contribution in [-0.4, -0.2) is 40.6 Å². The van der Waals surface area contributed by atoms with Crippen LogP contribution in [0.25, 0.3) is 11.4 Å². The zero-order valence-electron chi connectivity index (χ0n) is 16.3. The van der Waals surface area contributed by atoms with Crippen molar-refractivity contribution < 1.29 is 14.3 Å². The number of amides is 1. The summed E-state index contributed by atoms with van der Waals surface area (Å²) >= 11 is 4.89. The van der Waals surface area contributed by atoms with Crippen LogP contribution >= 0.6 is 27.7 Å². The molecule has 1 aromatic heterocycles. The van der Waals surface area contributed by atoms with Crippen LogP contribution in [-0.2, 0) is 11.3 Å². The molecule has 29 heavy (non-hydrogen) atoms. The van der Waals surface area contributed by atoms with Crippen LogP contribution in [0.5, 0.6) is 11.5 Å². The van der Waals surface area contributed by atoms with Gasteiger partial charge in [-0.15, -0.1) is 10.2 Å². The molecule has 9 heteroatoms. The summed E-state index contributed by atoms with van der Waals surface area (Å²) in [6.45, 7) is 2.72. The molecule has 1 heterocycles. The molecule has 0 radical (unpaired) electrons. The van der Waals surface area contributed by atoms with Crippen molar-refractivity contribution in [2.24, 2.45) is 0 Å². The molecular weight excluding hydrogens is 456 g/mol. The highest BCUT2D eigenvalue weighted by atomic mass is 79.9. The molecule has 0 saturated heterocycles. The van der Waals surface area contributed by atoms with Crippen molar-refractivity contribution in [2.75, 3.05) is 25.3 Å². The number of benzene rings is 2. The van der Waals surface area contributed by atoms with Crippen molar-refractivity contribution in [3.8, 4) is 22.9 Å². The molecule has 0 aliphatic rings. The van der Waals surface area contributed by atoms with E-state index in [1.54, 1.807) is 32.4 Å². The van der Waals surface area contributed by atoms with Crippen molar-refractivity contribution in [2.45, 2.75) is 18.6 Å². The van der Waals surface area contributed by atoms with E-state index in [0.717, 1.165) is 15.9 Å². The molecule has 1 N–H and O–H groups in total. The number of halogens is 1. The van der Waals surface area contributed by atoms with Crippen molar-refractivity contribution in [1.82, 2.24) is 14.8 Å². The number of carbonyl (C=O) groups excluding carboxylic acids is 1. The Kier molecular flexibility index (Phi) is 7.16. The number of nitrogens with one attached hydrogen (secondary N) is 1. The lowest BCUT2D eigenvalue weighted by atomic mass is 10.2. The minimum Gasteiger partial charge on any atom is -0.497 e. The second-order valence-electron chi connectivity index (χ2n) is 5.93. The first kappa shape index (κ1) is 21.2. The molecule has 0 spiro atoms. The molecule has 7 nitrogen and oxygen atoms in total. The maximum absolute atomic E-state index is 12.5. The van der Waals surface area contributed by atoms with Crippen LogP contribution < -0.4 is 14.8 Å². The van der Waals surface area contributed by atoms with E-state index in [0.29, 0.717) is 28.9 Å². The van der Waals surface area contributed by atoms with Crippen LogP contribution in [0.2, 0.25) is 0 Å². The molecule has 2 aromatic carbocycles. The van der Waals surface area contributed by atoms with Gasteiger partial charge in [-0.2, -0.15) is 0 Å². The lowest BCUT2D eigenvalue weighted by molar-refractivity contribution is -0.113. The molecule has 152 valence electrons. The molecule has 0 bridgehead atoms. The highest BCUT2D eigenvalue weighted by Crippen LogP contribution is 2.31. The number of ether oxygens (including phenoxy) is 2. The Bertz CT molecular complexity index is 1010. The molecule has 1 amide bonds. The monoisotopic (exact) mass is 476 g/mol. The number of hydrogen-bond acceptors (Lipinski definition) is 6.